The maximum atomic E-state index is 11.5. The molecule has 6 nitrogen and oxygen atoms in total. The van der Waals surface area contributed by atoms with E-state index in [1.165, 1.54) is 12.3 Å². The molecule has 2 aromatic carbocycles. The third-order valence-corrected chi connectivity index (χ3v) is 3.37. The van der Waals surface area contributed by atoms with E-state index in [0.29, 0.717) is 16.4 Å². The molecule has 0 aliphatic rings. The van der Waals surface area contributed by atoms with E-state index < -0.39 is 5.97 Å². The fourth-order valence-electron chi connectivity index (χ4n) is 1.92. The topological polar surface area (TPSA) is 109 Å². The minimum atomic E-state index is -1.13. The molecular formula is C17H11ClN4O2. The van der Waals surface area contributed by atoms with Crippen LogP contribution in [-0.2, 0) is 0 Å². The molecule has 0 unspecified atom stereocenters. The summed E-state index contributed by atoms with van der Waals surface area (Å²) >= 11 is 6.10. The summed E-state index contributed by atoms with van der Waals surface area (Å²) in [6.45, 7) is 0. The van der Waals surface area contributed by atoms with Gasteiger partial charge in [0, 0.05) is 6.20 Å². The SMILES string of the molecule is N#CC(C#N)=CNc1cccc(C(=O)O)c1Nc1ccccc1Cl. The molecule has 0 saturated carbocycles. The number of nitrogens with zero attached hydrogens (tertiary/aromatic N) is 2. The standard InChI is InChI=1S/C17H11ClN4O2/c18-13-5-1-2-6-14(13)22-16-12(17(23)24)4-3-7-15(16)21-10-11(8-19)9-20/h1-7,10,21-22H,(H,23,24). The number of aromatic carboxylic acids is 1. The summed E-state index contributed by atoms with van der Waals surface area (Å²) in [5.74, 6) is -1.13. The second-order valence-corrected chi connectivity index (χ2v) is 4.97. The fraction of sp³-hybridized carbons (Fsp3) is 0. The van der Waals surface area contributed by atoms with Crippen LogP contribution in [0.2, 0.25) is 5.02 Å². The Morgan fingerprint density at radius 2 is 1.75 bits per heavy atom. The molecule has 3 N–H and O–H groups in total. The summed E-state index contributed by atoms with van der Waals surface area (Å²) in [6.07, 6.45) is 1.21. The Bertz CT molecular complexity index is 878. The summed E-state index contributed by atoms with van der Waals surface area (Å²) < 4.78 is 0. The zero-order valence-corrected chi connectivity index (χ0v) is 13.0. The average molecular weight is 339 g/mol. The Kier molecular flexibility index (Phi) is 5.40. The van der Waals surface area contributed by atoms with Crippen LogP contribution in [0, 0.1) is 22.7 Å². The van der Waals surface area contributed by atoms with Crippen LogP contribution in [0.3, 0.4) is 0 Å². The Hall–Kier alpha value is -3.48. The number of anilines is 3. The van der Waals surface area contributed by atoms with Gasteiger partial charge in [0.25, 0.3) is 0 Å². The van der Waals surface area contributed by atoms with Gasteiger partial charge in [0.1, 0.15) is 17.7 Å². The van der Waals surface area contributed by atoms with E-state index in [0.717, 1.165) is 0 Å². The van der Waals surface area contributed by atoms with Gasteiger partial charge in [-0.1, -0.05) is 29.8 Å². The molecule has 2 aromatic rings. The smallest absolute Gasteiger partial charge is 0.337 e. The highest BCUT2D eigenvalue weighted by Gasteiger charge is 2.15. The van der Waals surface area contributed by atoms with Gasteiger partial charge in [-0.3, -0.25) is 0 Å². The first kappa shape index (κ1) is 16.9. The lowest BCUT2D eigenvalue weighted by Gasteiger charge is -2.15. The van der Waals surface area contributed by atoms with E-state index >= 15 is 0 Å². The lowest BCUT2D eigenvalue weighted by molar-refractivity contribution is 0.0698. The third-order valence-electron chi connectivity index (χ3n) is 3.04. The number of para-hydroxylation sites is 2. The van der Waals surface area contributed by atoms with Crippen molar-refractivity contribution < 1.29 is 9.90 Å². The molecule has 0 aliphatic heterocycles. The third kappa shape index (κ3) is 3.83. The van der Waals surface area contributed by atoms with Crippen molar-refractivity contribution in [1.29, 1.82) is 10.5 Å². The van der Waals surface area contributed by atoms with Gasteiger partial charge in [-0.15, -0.1) is 0 Å². The van der Waals surface area contributed by atoms with Crippen molar-refractivity contribution in [2.75, 3.05) is 10.6 Å². The Labute approximate surface area is 143 Å². The molecule has 0 aromatic heterocycles. The molecule has 0 heterocycles. The van der Waals surface area contributed by atoms with E-state index in [2.05, 4.69) is 10.6 Å². The number of rotatable bonds is 5. The maximum absolute atomic E-state index is 11.5. The second-order valence-electron chi connectivity index (χ2n) is 4.56. The van der Waals surface area contributed by atoms with Gasteiger partial charge < -0.3 is 15.7 Å². The number of halogens is 1. The largest absolute Gasteiger partial charge is 0.478 e. The van der Waals surface area contributed by atoms with Gasteiger partial charge >= 0.3 is 5.97 Å². The van der Waals surface area contributed by atoms with Crippen LogP contribution >= 0.6 is 11.6 Å². The van der Waals surface area contributed by atoms with Gasteiger partial charge in [0.05, 0.1) is 27.6 Å². The van der Waals surface area contributed by atoms with Crippen molar-refractivity contribution in [1.82, 2.24) is 0 Å². The number of carboxylic acid groups (broad SMARTS) is 1. The minimum absolute atomic E-state index is 0.0174. The van der Waals surface area contributed by atoms with Gasteiger partial charge in [-0.05, 0) is 24.3 Å². The number of allylic oxidation sites excluding steroid dienone is 1. The molecule has 0 saturated heterocycles. The molecule has 118 valence electrons. The van der Waals surface area contributed by atoms with Crippen molar-refractivity contribution >= 4 is 34.6 Å². The lowest BCUT2D eigenvalue weighted by atomic mass is 10.1. The fourth-order valence-corrected chi connectivity index (χ4v) is 2.11. The summed E-state index contributed by atoms with van der Waals surface area (Å²) in [5, 5.41) is 33.1. The van der Waals surface area contributed by atoms with Crippen LogP contribution in [0.25, 0.3) is 0 Å². The monoisotopic (exact) mass is 338 g/mol. The van der Waals surface area contributed by atoms with Gasteiger partial charge in [-0.2, -0.15) is 10.5 Å². The summed E-state index contributed by atoms with van der Waals surface area (Å²) in [4.78, 5) is 11.5. The maximum Gasteiger partial charge on any atom is 0.337 e. The number of nitriles is 2. The highest BCUT2D eigenvalue weighted by Crippen LogP contribution is 2.32. The van der Waals surface area contributed by atoms with Gasteiger partial charge in [-0.25, -0.2) is 4.79 Å². The first-order chi connectivity index (χ1) is 11.6. The zero-order valence-electron chi connectivity index (χ0n) is 12.2. The Morgan fingerprint density at radius 1 is 1.08 bits per heavy atom. The summed E-state index contributed by atoms with van der Waals surface area (Å²) in [5.41, 5.74) is 1.06. The van der Waals surface area contributed by atoms with Crippen LogP contribution in [0.15, 0.2) is 54.2 Å². The molecule has 24 heavy (non-hydrogen) atoms. The Morgan fingerprint density at radius 3 is 2.38 bits per heavy atom. The molecular weight excluding hydrogens is 328 g/mol. The van der Waals surface area contributed by atoms with Gasteiger partial charge in [0.15, 0.2) is 0 Å². The van der Waals surface area contributed by atoms with Crippen molar-refractivity contribution in [3.8, 4) is 12.1 Å². The zero-order chi connectivity index (χ0) is 17.5. The van der Waals surface area contributed by atoms with E-state index in [1.54, 1.807) is 48.5 Å². The second kappa shape index (κ2) is 7.68. The van der Waals surface area contributed by atoms with E-state index in [1.807, 2.05) is 0 Å². The van der Waals surface area contributed by atoms with E-state index in [9.17, 15) is 9.90 Å². The van der Waals surface area contributed by atoms with E-state index in [-0.39, 0.29) is 16.8 Å². The van der Waals surface area contributed by atoms with Crippen LogP contribution < -0.4 is 10.6 Å². The molecule has 0 aliphatic carbocycles. The first-order valence-electron chi connectivity index (χ1n) is 6.71. The molecule has 0 amide bonds. The number of nitrogens with one attached hydrogen (secondary N) is 2. The average Bonchev–Trinajstić information content (AvgIpc) is 2.58. The number of benzene rings is 2. The van der Waals surface area contributed by atoms with Crippen molar-refractivity contribution in [2.45, 2.75) is 0 Å². The molecule has 0 fully saturated rings. The van der Waals surface area contributed by atoms with Crippen molar-refractivity contribution in [2.24, 2.45) is 0 Å². The molecule has 2 rings (SSSR count). The van der Waals surface area contributed by atoms with Crippen LogP contribution in [0.1, 0.15) is 10.4 Å². The lowest BCUT2D eigenvalue weighted by Crippen LogP contribution is -2.06. The number of carboxylic acids is 1. The number of carbonyl (C=O) groups is 1. The minimum Gasteiger partial charge on any atom is -0.478 e. The van der Waals surface area contributed by atoms with Crippen LogP contribution in [0.5, 0.6) is 0 Å². The highest BCUT2D eigenvalue weighted by molar-refractivity contribution is 6.33. The Balaban J connectivity index is 2.49. The van der Waals surface area contributed by atoms with Gasteiger partial charge in [0.2, 0.25) is 0 Å². The number of hydrogen-bond donors (Lipinski definition) is 3. The van der Waals surface area contributed by atoms with E-state index in [4.69, 9.17) is 22.1 Å². The molecule has 0 spiro atoms. The summed E-state index contributed by atoms with van der Waals surface area (Å²) in [7, 11) is 0. The number of hydrogen-bond acceptors (Lipinski definition) is 5. The first-order valence-corrected chi connectivity index (χ1v) is 7.09. The van der Waals surface area contributed by atoms with Crippen LogP contribution in [-0.4, -0.2) is 11.1 Å². The highest BCUT2D eigenvalue weighted by atomic mass is 35.5. The quantitative estimate of drug-likeness (QED) is 0.707. The van der Waals surface area contributed by atoms with Crippen molar-refractivity contribution in [3.63, 3.8) is 0 Å². The molecule has 7 heteroatoms. The van der Waals surface area contributed by atoms with Crippen molar-refractivity contribution in [3.05, 3.63) is 64.8 Å². The molecule has 0 bridgehead atoms. The summed E-state index contributed by atoms with van der Waals surface area (Å²) in [6, 6.07) is 14.9. The molecule has 0 radical (unpaired) electrons. The predicted octanol–water partition coefficient (Wildman–Crippen LogP) is 4.12. The normalized spacial score (nSPS) is 9.29. The molecule has 0 atom stereocenters. The van der Waals surface area contributed by atoms with Crippen LogP contribution in [0.4, 0.5) is 17.1 Å². The predicted molar refractivity (Wildman–Crippen MR) is 91.1 cm³/mol.